The summed E-state index contributed by atoms with van der Waals surface area (Å²) in [7, 11) is 2.71. The highest BCUT2D eigenvalue weighted by atomic mass is 33.1. The van der Waals surface area contributed by atoms with E-state index in [9.17, 15) is 5.11 Å². The van der Waals surface area contributed by atoms with Crippen LogP contribution in [-0.2, 0) is 0 Å². The summed E-state index contributed by atoms with van der Waals surface area (Å²) in [4.78, 5) is 0. The molecule has 2 nitrogen and oxygen atoms in total. The quantitative estimate of drug-likeness (QED) is 0.507. The van der Waals surface area contributed by atoms with Crippen LogP contribution in [0.25, 0.3) is 0 Å². The van der Waals surface area contributed by atoms with Gasteiger partial charge in [-0.25, -0.2) is 0 Å². The first kappa shape index (κ1) is 8.71. The van der Waals surface area contributed by atoms with Crippen LogP contribution in [0.3, 0.4) is 0 Å². The maximum atomic E-state index is 9.27. The van der Waals surface area contributed by atoms with Crippen molar-refractivity contribution in [2.24, 2.45) is 5.92 Å². The zero-order valence-corrected chi connectivity index (χ0v) is 7.49. The number of hydrogen-bond donors (Lipinski definition) is 2. The van der Waals surface area contributed by atoms with Gasteiger partial charge in [-0.05, 0) is 25.7 Å². The van der Waals surface area contributed by atoms with E-state index in [0.29, 0.717) is 5.92 Å². The third-order valence-electron chi connectivity index (χ3n) is 1.32. The molecule has 2 unspecified atom stereocenters. The van der Waals surface area contributed by atoms with Crippen LogP contribution < -0.4 is 0 Å². The fourth-order valence-electron chi connectivity index (χ4n) is 0.597. The Morgan fingerprint density at radius 3 is 2.30 bits per heavy atom. The smallest absolute Gasteiger partial charge is 0.112 e. The Morgan fingerprint density at radius 1 is 1.30 bits per heavy atom. The molecule has 2 N–H and O–H groups in total. The van der Waals surface area contributed by atoms with Gasteiger partial charge in [0.15, 0.2) is 0 Å². The summed E-state index contributed by atoms with van der Waals surface area (Å²) in [5, 5.41) is 18.1. The van der Waals surface area contributed by atoms with Gasteiger partial charge >= 0.3 is 0 Å². The Kier molecular flexibility index (Phi) is 3.36. The van der Waals surface area contributed by atoms with Crippen LogP contribution in [0.5, 0.6) is 0 Å². The highest BCUT2D eigenvalue weighted by Crippen LogP contribution is 2.42. The number of aliphatic hydroxyl groups is 2. The molecule has 0 aromatic rings. The molecule has 1 aliphatic carbocycles. The van der Waals surface area contributed by atoms with E-state index in [2.05, 4.69) is 0 Å². The first-order valence-corrected chi connectivity index (χ1v) is 5.66. The number of rotatable bonds is 4. The van der Waals surface area contributed by atoms with Gasteiger partial charge in [0.1, 0.15) is 10.9 Å². The summed E-state index contributed by atoms with van der Waals surface area (Å²) in [5.74, 6) is 0.497. The Hall–Kier alpha value is 0.620. The average Bonchev–Trinajstić information content (AvgIpc) is 2.63. The number of aliphatic hydroxyl groups excluding tert-OH is 2. The molecule has 0 bridgehead atoms. The summed E-state index contributed by atoms with van der Waals surface area (Å²) in [6, 6.07) is 0. The number of hydrogen-bond acceptors (Lipinski definition) is 4. The van der Waals surface area contributed by atoms with Crippen LogP contribution in [0.4, 0.5) is 0 Å². The molecule has 4 heteroatoms. The largest absolute Gasteiger partial charge is 0.382 e. The second-order valence-corrected chi connectivity index (χ2v) is 5.22. The second-order valence-electron chi connectivity index (χ2n) is 2.52. The lowest BCUT2D eigenvalue weighted by molar-refractivity contribution is 0.241. The van der Waals surface area contributed by atoms with Crippen LogP contribution in [0.15, 0.2) is 0 Å². The van der Waals surface area contributed by atoms with Gasteiger partial charge in [-0.15, -0.1) is 0 Å². The summed E-state index contributed by atoms with van der Waals surface area (Å²) in [6.07, 6.45) is 2.29. The average molecular weight is 180 g/mol. The maximum absolute atomic E-state index is 9.27. The van der Waals surface area contributed by atoms with Crippen molar-refractivity contribution in [2.45, 2.75) is 30.6 Å². The minimum absolute atomic E-state index is 0.264. The van der Waals surface area contributed by atoms with Crippen molar-refractivity contribution in [3.05, 3.63) is 0 Å². The standard InChI is InChI=1S/C6H12O2S2/c1-4(7)9-10-6(8)5-2-3-5/h4-8H,2-3H2,1H3. The SMILES string of the molecule is CC(O)SSC(O)C1CC1. The third kappa shape index (κ3) is 3.14. The highest BCUT2D eigenvalue weighted by Gasteiger charge is 2.30. The lowest BCUT2D eigenvalue weighted by atomic mass is 10.5. The summed E-state index contributed by atoms with van der Waals surface area (Å²) in [5.41, 5.74) is -0.641. The van der Waals surface area contributed by atoms with Crippen molar-refractivity contribution in [3.63, 3.8) is 0 Å². The molecule has 1 aliphatic rings. The molecule has 0 saturated heterocycles. The monoisotopic (exact) mass is 180 g/mol. The van der Waals surface area contributed by atoms with E-state index in [4.69, 9.17) is 5.11 Å². The van der Waals surface area contributed by atoms with Gasteiger partial charge in [0, 0.05) is 0 Å². The molecular weight excluding hydrogens is 168 g/mol. The predicted octanol–water partition coefficient (Wildman–Crippen LogP) is 1.43. The molecular formula is C6H12O2S2. The molecule has 1 fully saturated rings. The van der Waals surface area contributed by atoms with E-state index in [0.717, 1.165) is 12.8 Å². The van der Waals surface area contributed by atoms with Crippen LogP contribution in [-0.4, -0.2) is 21.1 Å². The van der Waals surface area contributed by atoms with Gasteiger partial charge in [-0.2, -0.15) is 0 Å². The van der Waals surface area contributed by atoms with Gasteiger partial charge < -0.3 is 10.2 Å². The molecule has 0 heterocycles. The van der Waals surface area contributed by atoms with Crippen LogP contribution in [0, 0.1) is 5.92 Å². The van der Waals surface area contributed by atoms with Crippen molar-refractivity contribution in [1.82, 2.24) is 0 Å². The zero-order valence-electron chi connectivity index (χ0n) is 5.86. The zero-order chi connectivity index (χ0) is 7.56. The normalized spacial score (nSPS) is 24.3. The van der Waals surface area contributed by atoms with Crippen LogP contribution >= 0.6 is 21.6 Å². The molecule has 0 radical (unpaired) electrons. The Balaban J connectivity index is 2.00. The van der Waals surface area contributed by atoms with E-state index in [1.807, 2.05) is 0 Å². The summed E-state index contributed by atoms with van der Waals surface area (Å²) < 4.78 is 0. The minimum Gasteiger partial charge on any atom is -0.382 e. The Morgan fingerprint density at radius 2 is 1.90 bits per heavy atom. The van der Waals surface area contributed by atoms with Gasteiger partial charge in [-0.3, -0.25) is 0 Å². The third-order valence-corrected chi connectivity index (χ3v) is 4.05. The van der Waals surface area contributed by atoms with Crippen molar-refractivity contribution in [3.8, 4) is 0 Å². The first-order valence-electron chi connectivity index (χ1n) is 3.38. The molecule has 0 aliphatic heterocycles. The molecule has 2 atom stereocenters. The lowest BCUT2D eigenvalue weighted by Crippen LogP contribution is -2.02. The second kappa shape index (κ2) is 3.85. The minimum atomic E-state index is -0.376. The highest BCUT2D eigenvalue weighted by molar-refractivity contribution is 8.77. The van der Waals surface area contributed by atoms with Crippen molar-refractivity contribution in [1.29, 1.82) is 0 Å². The Labute approximate surface area is 68.8 Å². The fourth-order valence-corrected chi connectivity index (χ4v) is 2.60. The molecule has 0 aromatic heterocycles. The molecule has 60 valence electrons. The molecule has 1 rings (SSSR count). The van der Waals surface area contributed by atoms with Crippen molar-refractivity contribution < 1.29 is 10.2 Å². The van der Waals surface area contributed by atoms with Crippen molar-refractivity contribution >= 4 is 21.6 Å². The first-order chi connectivity index (χ1) is 4.70. The fraction of sp³-hybridized carbons (Fsp3) is 1.00. The van der Waals surface area contributed by atoms with E-state index < -0.39 is 0 Å². The van der Waals surface area contributed by atoms with Gasteiger partial charge in [0.05, 0.1) is 0 Å². The van der Waals surface area contributed by atoms with E-state index in [1.165, 1.54) is 21.6 Å². The van der Waals surface area contributed by atoms with E-state index in [-0.39, 0.29) is 10.9 Å². The van der Waals surface area contributed by atoms with Crippen molar-refractivity contribution in [2.75, 3.05) is 0 Å². The summed E-state index contributed by atoms with van der Waals surface area (Å²) >= 11 is 0. The molecule has 0 aromatic carbocycles. The molecule has 0 spiro atoms. The van der Waals surface area contributed by atoms with Gasteiger partial charge in [0.2, 0.25) is 0 Å². The lowest BCUT2D eigenvalue weighted by Gasteiger charge is -2.08. The molecule has 0 amide bonds. The Bertz CT molecular complexity index is 104. The van der Waals surface area contributed by atoms with Gasteiger partial charge in [-0.1, -0.05) is 21.6 Å². The maximum Gasteiger partial charge on any atom is 0.112 e. The van der Waals surface area contributed by atoms with Gasteiger partial charge in [0.25, 0.3) is 0 Å². The predicted molar refractivity (Wildman–Crippen MR) is 45.6 cm³/mol. The topological polar surface area (TPSA) is 40.5 Å². The van der Waals surface area contributed by atoms with E-state index >= 15 is 0 Å². The molecule has 10 heavy (non-hydrogen) atoms. The summed E-state index contributed by atoms with van der Waals surface area (Å²) in [6.45, 7) is 1.71. The molecule has 1 saturated carbocycles. The van der Waals surface area contributed by atoms with E-state index in [1.54, 1.807) is 6.92 Å². The van der Waals surface area contributed by atoms with Crippen LogP contribution in [0.2, 0.25) is 0 Å². The van der Waals surface area contributed by atoms with Crippen LogP contribution in [0.1, 0.15) is 19.8 Å².